The average Bonchev–Trinajstić information content (AvgIpc) is 2.58. The highest BCUT2D eigenvalue weighted by Crippen LogP contribution is 2.18. The molecule has 0 saturated carbocycles. The molecule has 4 heteroatoms. The Hall–Kier alpha value is -2.28. The molecule has 2 amide bonds. The van der Waals surface area contributed by atoms with Gasteiger partial charge in [0, 0.05) is 25.9 Å². The van der Waals surface area contributed by atoms with E-state index in [1.807, 2.05) is 30.3 Å². The minimum absolute atomic E-state index is 0.0905. The Morgan fingerprint density at radius 2 is 2.05 bits per heavy atom. The van der Waals surface area contributed by atoms with Crippen LogP contribution in [0.4, 0.5) is 0 Å². The Bertz CT molecular complexity index is 505. The second kappa shape index (κ2) is 6.05. The predicted octanol–water partition coefficient (Wildman–Crippen LogP) is 1.10. The summed E-state index contributed by atoms with van der Waals surface area (Å²) in [7, 11) is 0. The van der Waals surface area contributed by atoms with Gasteiger partial charge in [-0.25, -0.2) is 0 Å². The quantitative estimate of drug-likeness (QED) is 0.823. The van der Waals surface area contributed by atoms with Gasteiger partial charge in [-0.2, -0.15) is 0 Å². The van der Waals surface area contributed by atoms with Gasteiger partial charge < -0.3 is 10.2 Å². The van der Waals surface area contributed by atoms with Crippen LogP contribution in [-0.2, 0) is 9.59 Å². The molecular formula is C15H16N2O2. The molecule has 1 aromatic rings. The van der Waals surface area contributed by atoms with E-state index < -0.39 is 6.04 Å². The van der Waals surface area contributed by atoms with Crippen LogP contribution in [0, 0.1) is 12.3 Å². The van der Waals surface area contributed by atoms with E-state index in [9.17, 15) is 9.59 Å². The molecule has 1 heterocycles. The lowest BCUT2D eigenvalue weighted by Crippen LogP contribution is -2.38. The van der Waals surface area contributed by atoms with E-state index in [1.165, 1.54) is 0 Å². The average molecular weight is 256 g/mol. The van der Waals surface area contributed by atoms with Crippen molar-refractivity contribution in [1.82, 2.24) is 10.2 Å². The molecule has 0 bridgehead atoms. The van der Waals surface area contributed by atoms with Crippen LogP contribution in [0.15, 0.2) is 30.3 Å². The number of benzene rings is 1. The minimum Gasteiger partial charge on any atom is -0.340 e. The first-order valence-corrected chi connectivity index (χ1v) is 6.29. The normalized spacial score (nSPS) is 19.5. The number of carbonyl (C=O) groups excluding carboxylic acids is 2. The second-order valence-electron chi connectivity index (χ2n) is 4.44. The number of hydrogen-bond acceptors (Lipinski definition) is 2. The highest BCUT2D eigenvalue weighted by atomic mass is 16.2. The third-order valence-corrected chi connectivity index (χ3v) is 3.13. The molecule has 1 saturated heterocycles. The van der Waals surface area contributed by atoms with Gasteiger partial charge in [0.25, 0.3) is 0 Å². The number of nitrogens with one attached hydrogen (secondary N) is 1. The summed E-state index contributed by atoms with van der Waals surface area (Å²) in [6.07, 6.45) is 6.05. The number of carbonyl (C=O) groups is 2. The highest BCUT2D eigenvalue weighted by Gasteiger charge is 2.30. The molecule has 1 aliphatic rings. The van der Waals surface area contributed by atoms with E-state index in [1.54, 1.807) is 4.90 Å². The zero-order valence-corrected chi connectivity index (χ0v) is 10.6. The van der Waals surface area contributed by atoms with Crippen LogP contribution in [0.25, 0.3) is 0 Å². The summed E-state index contributed by atoms with van der Waals surface area (Å²) >= 11 is 0. The van der Waals surface area contributed by atoms with Gasteiger partial charge in [-0.3, -0.25) is 9.59 Å². The van der Waals surface area contributed by atoms with E-state index in [0.29, 0.717) is 25.9 Å². The third-order valence-electron chi connectivity index (χ3n) is 3.13. The minimum atomic E-state index is -0.603. The monoisotopic (exact) mass is 256 g/mol. The molecule has 4 nitrogen and oxygen atoms in total. The van der Waals surface area contributed by atoms with Crippen LogP contribution in [0.1, 0.15) is 24.4 Å². The maximum Gasteiger partial charge on any atom is 0.249 e. The van der Waals surface area contributed by atoms with Crippen molar-refractivity contribution in [3.8, 4) is 12.3 Å². The zero-order valence-electron chi connectivity index (χ0n) is 10.6. The molecule has 0 spiro atoms. The number of amides is 2. The smallest absolute Gasteiger partial charge is 0.249 e. The van der Waals surface area contributed by atoms with Gasteiger partial charge in [0.15, 0.2) is 0 Å². The van der Waals surface area contributed by atoms with Crippen molar-refractivity contribution in [2.75, 3.05) is 13.1 Å². The van der Waals surface area contributed by atoms with Crippen LogP contribution >= 0.6 is 0 Å². The molecule has 1 aromatic carbocycles. The van der Waals surface area contributed by atoms with Crippen LogP contribution in [0.2, 0.25) is 0 Å². The number of terminal acetylenes is 1. The molecule has 1 fully saturated rings. The van der Waals surface area contributed by atoms with E-state index in [2.05, 4.69) is 11.2 Å². The summed E-state index contributed by atoms with van der Waals surface area (Å²) in [4.78, 5) is 25.8. The van der Waals surface area contributed by atoms with Gasteiger partial charge in [0.05, 0.1) is 0 Å². The van der Waals surface area contributed by atoms with E-state index >= 15 is 0 Å². The fourth-order valence-corrected chi connectivity index (χ4v) is 2.12. The molecule has 1 unspecified atom stereocenters. The Balaban J connectivity index is 2.22. The van der Waals surface area contributed by atoms with E-state index in [-0.39, 0.29) is 11.8 Å². The van der Waals surface area contributed by atoms with Crippen molar-refractivity contribution in [2.24, 2.45) is 0 Å². The number of rotatable bonds is 3. The third kappa shape index (κ3) is 3.14. The molecule has 1 atom stereocenters. The Morgan fingerprint density at radius 1 is 1.32 bits per heavy atom. The first-order chi connectivity index (χ1) is 9.22. The lowest BCUT2D eigenvalue weighted by atomic mass is 10.1. The number of hydrogen-bond donors (Lipinski definition) is 1. The van der Waals surface area contributed by atoms with Gasteiger partial charge in [-0.05, 0) is 5.56 Å². The van der Waals surface area contributed by atoms with Crippen LogP contribution < -0.4 is 5.32 Å². The highest BCUT2D eigenvalue weighted by molar-refractivity contribution is 5.90. The van der Waals surface area contributed by atoms with Crippen molar-refractivity contribution in [3.05, 3.63) is 35.9 Å². The molecule has 0 radical (unpaired) electrons. The fraction of sp³-hybridized carbons (Fsp3) is 0.333. The van der Waals surface area contributed by atoms with Gasteiger partial charge >= 0.3 is 0 Å². The molecule has 2 rings (SSSR count). The molecule has 98 valence electrons. The lowest BCUT2D eigenvalue weighted by Gasteiger charge is -2.23. The number of nitrogens with zero attached hydrogens (tertiary/aromatic N) is 1. The van der Waals surface area contributed by atoms with Crippen molar-refractivity contribution >= 4 is 11.8 Å². The van der Waals surface area contributed by atoms with Crippen LogP contribution in [0.5, 0.6) is 0 Å². The van der Waals surface area contributed by atoms with Crippen molar-refractivity contribution in [2.45, 2.75) is 18.9 Å². The molecule has 1 N–H and O–H groups in total. The second-order valence-corrected chi connectivity index (χ2v) is 4.44. The standard InChI is InChI=1S/C15H16N2O2/c1-2-3-10-17-11-9-13(18)16-14(15(17)19)12-7-5-4-6-8-12/h1,4-8,14H,3,9-11H2,(H,16,18). The first-order valence-electron chi connectivity index (χ1n) is 6.29. The maximum absolute atomic E-state index is 12.4. The van der Waals surface area contributed by atoms with Gasteiger partial charge in [-0.1, -0.05) is 30.3 Å². The van der Waals surface area contributed by atoms with Crippen molar-refractivity contribution < 1.29 is 9.59 Å². The Labute approximate surface area is 112 Å². The van der Waals surface area contributed by atoms with Gasteiger partial charge in [-0.15, -0.1) is 12.3 Å². The SMILES string of the molecule is C#CCCN1CCC(=O)NC(c2ccccc2)C1=O. The van der Waals surface area contributed by atoms with Gasteiger partial charge in [0.2, 0.25) is 11.8 Å². The summed E-state index contributed by atoms with van der Waals surface area (Å²) in [5.74, 6) is 2.33. The van der Waals surface area contributed by atoms with Crippen LogP contribution in [0.3, 0.4) is 0 Å². The summed E-state index contributed by atoms with van der Waals surface area (Å²) in [5, 5.41) is 2.77. The maximum atomic E-state index is 12.4. The summed E-state index contributed by atoms with van der Waals surface area (Å²) in [5.41, 5.74) is 0.799. The first kappa shape index (κ1) is 13.2. The summed E-state index contributed by atoms with van der Waals surface area (Å²) in [6.45, 7) is 0.920. The molecule has 19 heavy (non-hydrogen) atoms. The van der Waals surface area contributed by atoms with Crippen LogP contribution in [-0.4, -0.2) is 29.8 Å². The topological polar surface area (TPSA) is 49.4 Å². The molecular weight excluding hydrogens is 240 g/mol. The summed E-state index contributed by atoms with van der Waals surface area (Å²) < 4.78 is 0. The summed E-state index contributed by atoms with van der Waals surface area (Å²) in [6, 6.07) is 8.66. The zero-order chi connectivity index (χ0) is 13.7. The van der Waals surface area contributed by atoms with Crippen molar-refractivity contribution in [1.29, 1.82) is 0 Å². The fourth-order valence-electron chi connectivity index (χ4n) is 2.12. The molecule has 0 aromatic heterocycles. The molecule has 1 aliphatic heterocycles. The van der Waals surface area contributed by atoms with E-state index in [0.717, 1.165) is 5.56 Å². The molecule has 0 aliphatic carbocycles. The Kier molecular flexibility index (Phi) is 4.19. The van der Waals surface area contributed by atoms with E-state index in [4.69, 9.17) is 6.42 Å². The predicted molar refractivity (Wildman–Crippen MR) is 72.0 cm³/mol. The van der Waals surface area contributed by atoms with Gasteiger partial charge in [0.1, 0.15) is 6.04 Å². The largest absolute Gasteiger partial charge is 0.340 e. The van der Waals surface area contributed by atoms with Crippen molar-refractivity contribution in [3.63, 3.8) is 0 Å². The Morgan fingerprint density at radius 3 is 2.74 bits per heavy atom. The lowest BCUT2D eigenvalue weighted by molar-refractivity contribution is -0.133.